The SMILES string of the molecule is CCc1ccc2nc(NC(=O)Cn3cc(C(F)(F)F)cc(Cl)c3=O)sc2c1. The van der Waals surface area contributed by atoms with Crippen LogP contribution >= 0.6 is 22.9 Å². The maximum absolute atomic E-state index is 12.9. The van der Waals surface area contributed by atoms with Crippen LogP contribution in [0.3, 0.4) is 0 Å². The normalized spacial score (nSPS) is 11.7. The molecule has 2 heterocycles. The molecule has 0 fully saturated rings. The molecular formula is C17H13ClF3N3O2S. The van der Waals surface area contributed by atoms with Crippen molar-refractivity contribution in [1.82, 2.24) is 9.55 Å². The lowest BCUT2D eigenvalue weighted by molar-refractivity contribution is -0.138. The second-order valence-electron chi connectivity index (χ2n) is 5.73. The van der Waals surface area contributed by atoms with Crippen molar-refractivity contribution in [2.45, 2.75) is 26.1 Å². The molecule has 0 spiro atoms. The highest BCUT2D eigenvalue weighted by atomic mass is 35.5. The quantitative estimate of drug-likeness (QED) is 0.689. The first-order valence-electron chi connectivity index (χ1n) is 7.84. The molecule has 5 nitrogen and oxygen atoms in total. The fraction of sp³-hybridized carbons (Fsp3) is 0.235. The maximum Gasteiger partial charge on any atom is 0.417 e. The average molecular weight is 416 g/mol. The molecule has 0 unspecified atom stereocenters. The van der Waals surface area contributed by atoms with E-state index in [2.05, 4.69) is 10.3 Å². The van der Waals surface area contributed by atoms with E-state index >= 15 is 0 Å². The van der Waals surface area contributed by atoms with Gasteiger partial charge in [-0.1, -0.05) is 35.9 Å². The standard InChI is InChI=1S/C17H13ClF3N3O2S/c1-2-9-3-4-12-13(5-9)27-16(22-12)23-14(25)8-24-7-10(17(19,20)21)6-11(18)15(24)26/h3-7H,2,8H2,1H3,(H,22,23,25). The summed E-state index contributed by atoms with van der Waals surface area (Å²) >= 11 is 6.82. The number of aromatic nitrogens is 2. The molecule has 1 aromatic carbocycles. The van der Waals surface area contributed by atoms with Gasteiger partial charge in [0.25, 0.3) is 5.56 Å². The second-order valence-corrected chi connectivity index (χ2v) is 7.17. The van der Waals surface area contributed by atoms with Gasteiger partial charge < -0.3 is 9.88 Å². The predicted molar refractivity (Wildman–Crippen MR) is 98.3 cm³/mol. The summed E-state index contributed by atoms with van der Waals surface area (Å²) in [7, 11) is 0. The fourth-order valence-corrected chi connectivity index (χ4v) is 3.60. The Bertz CT molecular complexity index is 1080. The van der Waals surface area contributed by atoms with Gasteiger partial charge in [-0.3, -0.25) is 9.59 Å². The third-order valence-electron chi connectivity index (χ3n) is 3.79. The largest absolute Gasteiger partial charge is 0.417 e. The second kappa shape index (κ2) is 7.32. The highest BCUT2D eigenvalue weighted by Gasteiger charge is 2.32. The molecule has 1 N–H and O–H groups in total. The van der Waals surface area contributed by atoms with Crippen LogP contribution in [-0.2, 0) is 23.9 Å². The van der Waals surface area contributed by atoms with Gasteiger partial charge in [-0.2, -0.15) is 13.2 Å². The topological polar surface area (TPSA) is 64.0 Å². The minimum atomic E-state index is -4.68. The fourth-order valence-electron chi connectivity index (χ4n) is 2.43. The highest BCUT2D eigenvalue weighted by Crippen LogP contribution is 2.30. The lowest BCUT2D eigenvalue weighted by atomic mass is 10.2. The molecule has 0 aliphatic heterocycles. The molecule has 0 aliphatic rings. The van der Waals surface area contributed by atoms with Crippen molar-refractivity contribution in [3.05, 3.63) is 57.0 Å². The third kappa shape index (κ3) is 4.30. The Kier molecular flexibility index (Phi) is 5.25. The summed E-state index contributed by atoms with van der Waals surface area (Å²) in [4.78, 5) is 28.4. The number of benzene rings is 1. The number of hydrogen-bond donors (Lipinski definition) is 1. The van der Waals surface area contributed by atoms with E-state index in [-0.39, 0.29) is 0 Å². The molecule has 27 heavy (non-hydrogen) atoms. The summed E-state index contributed by atoms with van der Waals surface area (Å²) in [5, 5.41) is 2.20. The first kappa shape index (κ1) is 19.4. The number of alkyl halides is 3. The average Bonchev–Trinajstić information content (AvgIpc) is 2.98. The summed E-state index contributed by atoms with van der Waals surface area (Å²) in [5.41, 5.74) is -0.162. The van der Waals surface area contributed by atoms with Crippen LogP contribution in [0.15, 0.2) is 35.3 Å². The first-order chi connectivity index (χ1) is 12.7. The third-order valence-corrected chi connectivity index (χ3v) is 5.00. The van der Waals surface area contributed by atoms with Crippen molar-refractivity contribution in [1.29, 1.82) is 0 Å². The van der Waals surface area contributed by atoms with Gasteiger partial charge in [-0.15, -0.1) is 0 Å². The molecule has 1 amide bonds. The van der Waals surface area contributed by atoms with Crippen LogP contribution in [-0.4, -0.2) is 15.5 Å². The summed E-state index contributed by atoms with van der Waals surface area (Å²) in [6.45, 7) is 1.40. The molecule has 0 radical (unpaired) electrons. The van der Waals surface area contributed by atoms with Gasteiger partial charge >= 0.3 is 6.18 Å². The van der Waals surface area contributed by atoms with Crippen molar-refractivity contribution in [3.8, 4) is 0 Å². The zero-order chi connectivity index (χ0) is 19.8. The molecule has 0 atom stereocenters. The highest BCUT2D eigenvalue weighted by molar-refractivity contribution is 7.22. The number of anilines is 1. The zero-order valence-corrected chi connectivity index (χ0v) is 15.5. The van der Waals surface area contributed by atoms with E-state index in [4.69, 9.17) is 11.6 Å². The number of carbonyl (C=O) groups is 1. The molecule has 3 rings (SSSR count). The number of halogens is 4. The number of fused-ring (bicyclic) bond motifs is 1. The Hall–Kier alpha value is -2.39. The number of hydrogen-bond acceptors (Lipinski definition) is 4. The van der Waals surface area contributed by atoms with Crippen molar-refractivity contribution in [2.24, 2.45) is 0 Å². The summed E-state index contributed by atoms with van der Waals surface area (Å²) < 4.78 is 40.1. The number of carbonyl (C=O) groups excluding carboxylic acids is 1. The Balaban J connectivity index is 1.82. The minimum absolute atomic E-state index is 0.300. The molecule has 142 valence electrons. The van der Waals surface area contributed by atoms with Crippen molar-refractivity contribution in [2.75, 3.05) is 5.32 Å². The van der Waals surface area contributed by atoms with Crippen LogP contribution in [0.5, 0.6) is 0 Å². The molecular weight excluding hydrogens is 403 g/mol. The van der Waals surface area contributed by atoms with Crippen LogP contribution in [0.25, 0.3) is 10.2 Å². The van der Waals surface area contributed by atoms with Gasteiger partial charge in [0.2, 0.25) is 5.91 Å². The van der Waals surface area contributed by atoms with Gasteiger partial charge in [0.1, 0.15) is 11.6 Å². The Morgan fingerprint density at radius 2 is 2.07 bits per heavy atom. The van der Waals surface area contributed by atoms with E-state index < -0.39 is 34.8 Å². The molecule has 3 aromatic rings. The van der Waals surface area contributed by atoms with Crippen LogP contribution < -0.4 is 10.9 Å². The maximum atomic E-state index is 12.9. The summed E-state index contributed by atoms with van der Waals surface area (Å²) in [6, 6.07) is 6.26. The molecule has 2 aromatic heterocycles. The number of nitrogens with zero attached hydrogens (tertiary/aromatic N) is 2. The number of rotatable bonds is 4. The van der Waals surface area contributed by atoms with Crippen LogP contribution in [0.1, 0.15) is 18.1 Å². The minimum Gasteiger partial charge on any atom is -0.304 e. The molecule has 0 saturated carbocycles. The molecule has 0 saturated heterocycles. The lowest BCUT2D eigenvalue weighted by Gasteiger charge is -2.11. The van der Waals surface area contributed by atoms with Crippen LogP contribution in [0, 0.1) is 0 Å². The molecule has 0 bridgehead atoms. The van der Waals surface area contributed by atoms with E-state index in [9.17, 15) is 22.8 Å². The number of aryl methyl sites for hydroxylation is 1. The van der Waals surface area contributed by atoms with E-state index in [1.165, 1.54) is 11.3 Å². The Morgan fingerprint density at radius 3 is 2.74 bits per heavy atom. The van der Waals surface area contributed by atoms with E-state index in [0.717, 1.165) is 16.7 Å². The predicted octanol–water partition coefficient (Wildman–Crippen LogP) is 4.33. The summed E-state index contributed by atoms with van der Waals surface area (Å²) in [6.07, 6.45) is -3.26. The van der Waals surface area contributed by atoms with Crippen LogP contribution in [0.2, 0.25) is 5.02 Å². The number of amides is 1. The molecule has 0 aliphatic carbocycles. The van der Waals surface area contributed by atoms with Crippen molar-refractivity contribution >= 4 is 44.2 Å². The first-order valence-corrected chi connectivity index (χ1v) is 9.03. The molecule has 10 heteroatoms. The van der Waals surface area contributed by atoms with Crippen molar-refractivity contribution < 1.29 is 18.0 Å². The van der Waals surface area contributed by atoms with E-state index in [1.54, 1.807) is 0 Å². The van der Waals surface area contributed by atoms with Gasteiger partial charge in [-0.25, -0.2) is 4.98 Å². The Morgan fingerprint density at radius 1 is 1.33 bits per heavy atom. The van der Waals surface area contributed by atoms with E-state index in [0.29, 0.717) is 27.5 Å². The van der Waals surface area contributed by atoms with Gasteiger partial charge in [0, 0.05) is 6.20 Å². The smallest absolute Gasteiger partial charge is 0.304 e. The van der Waals surface area contributed by atoms with Gasteiger partial charge in [0.05, 0.1) is 15.8 Å². The van der Waals surface area contributed by atoms with Gasteiger partial charge in [-0.05, 0) is 30.2 Å². The number of nitrogens with one attached hydrogen (secondary N) is 1. The zero-order valence-electron chi connectivity index (χ0n) is 13.9. The van der Waals surface area contributed by atoms with Crippen molar-refractivity contribution in [3.63, 3.8) is 0 Å². The number of thiazole rings is 1. The van der Waals surface area contributed by atoms with Gasteiger partial charge in [0.15, 0.2) is 5.13 Å². The lowest BCUT2D eigenvalue weighted by Crippen LogP contribution is -2.29. The van der Waals surface area contributed by atoms with E-state index in [1.807, 2.05) is 25.1 Å². The monoisotopic (exact) mass is 415 g/mol. The number of pyridine rings is 1. The summed E-state index contributed by atoms with van der Waals surface area (Å²) in [5.74, 6) is -0.678. The van der Waals surface area contributed by atoms with Crippen LogP contribution in [0.4, 0.5) is 18.3 Å². The Labute approximate surface area is 160 Å².